The molecule has 230 valence electrons. The van der Waals surface area contributed by atoms with Crippen molar-refractivity contribution in [1.29, 1.82) is 0 Å². The van der Waals surface area contributed by atoms with E-state index in [0.717, 1.165) is 61.1 Å². The van der Waals surface area contributed by atoms with Gasteiger partial charge in [0, 0.05) is 30.8 Å². The molecule has 0 radical (unpaired) electrons. The van der Waals surface area contributed by atoms with Crippen molar-refractivity contribution in [2.24, 2.45) is 14.1 Å². The number of rotatable bonds is 6. The van der Waals surface area contributed by atoms with Crippen molar-refractivity contribution in [1.82, 2.24) is 24.1 Å². The largest absolute Gasteiger partial charge is 0.328 e. The quantitative estimate of drug-likeness (QED) is 0.186. The highest BCUT2D eigenvalue weighted by Gasteiger charge is 2.17. The molecule has 0 aliphatic carbocycles. The molecule has 8 aromatic rings. The minimum atomic E-state index is -0.0475. The fourth-order valence-corrected chi connectivity index (χ4v) is 6.27. The van der Waals surface area contributed by atoms with E-state index in [1.807, 2.05) is 60.7 Å². The molecule has 48 heavy (non-hydrogen) atoms. The van der Waals surface area contributed by atoms with Crippen LogP contribution < -0.4 is 5.69 Å². The molecule has 0 N–H and O–H groups in total. The summed E-state index contributed by atoms with van der Waals surface area (Å²) in [6.07, 6.45) is 0. The van der Waals surface area contributed by atoms with Crippen LogP contribution in [-0.2, 0) is 14.1 Å². The Hall–Kier alpha value is -6.40. The van der Waals surface area contributed by atoms with Crippen molar-refractivity contribution in [3.63, 3.8) is 0 Å². The summed E-state index contributed by atoms with van der Waals surface area (Å²) in [4.78, 5) is 27.8. The van der Waals surface area contributed by atoms with Crippen molar-refractivity contribution in [2.45, 2.75) is 0 Å². The molecule has 0 aliphatic heterocycles. The molecule has 0 unspecified atom stereocenters. The van der Waals surface area contributed by atoms with Gasteiger partial charge in [0.05, 0.1) is 11.0 Å². The lowest BCUT2D eigenvalue weighted by atomic mass is 9.94. The lowest BCUT2D eigenvalue weighted by Gasteiger charge is -2.14. The molecule has 6 nitrogen and oxygen atoms in total. The first kappa shape index (κ1) is 29.0. The van der Waals surface area contributed by atoms with Gasteiger partial charge < -0.3 is 0 Å². The SMILES string of the molecule is Cn1c(=O)n(C)c2cc(-c3cccc(-c4nc(-c5ccccc5)nc(-c5ccc(-c6ccccc6)cc5-c5ccccc5)n4)c3)ccc21. The molecule has 0 saturated carbocycles. The Morgan fingerprint density at radius 2 is 0.875 bits per heavy atom. The van der Waals surface area contributed by atoms with E-state index in [9.17, 15) is 4.79 Å². The first-order chi connectivity index (χ1) is 23.5. The second-order valence-corrected chi connectivity index (χ2v) is 11.8. The summed E-state index contributed by atoms with van der Waals surface area (Å²) in [6, 6.07) is 51.6. The Morgan fingerprint density at radius 3 is 1.58 bits per heavy atom. The molecular weight excluding hydrogens is 590 g/mol. The van der Waals surface area contributed by atoms with Gasteiger partial charge in [-0.15, -0.1) is 0 Å². The molecule has 0 spiro atoms. The van der Waals surface area contributed by atoms with Crippen molar-refractivity contribution in [2.75, 3.05) is 0 Å². The summed E-state index contributed by atoms with van der Waals surface area (Å²) in [5, 5.41) is 0. The van der Waals surface area contributed by atoms with E-state index < -0.39 is 0 Å². The fraction of sp³-hybridized carbons (Fsp3) is 0.0476. The van der Waals surface area contributed by atoms with E-state index in [1.165, 1.54) is 0 Å². The predicted octanol–water partition coefficient (Wildman–Crippen LogP) is 9.06. The van der Waals surface area contributed by atoms with Gasteiger partial charge in [-0.25, -0.2) is 19.7 Å². The Morgan fingerprint density at radius 1 is 0.375 bits per heavy atom. The zero-order valence-electron chi connectivity index (χ0n) is 26.6. The Kier molecular flexibility index (Phi) is 7.31. The van der Waals surface area contributed by atoms with E-state index in [4.69, 9.17) is 15.0 Å². The summed E-state index contributed by atoms with van der Waals surface area (Å²) < 4.78 is 3.35. The van der Waals surface area contributed by atoms with Crippen LogP contribution >= 0.6 is 0 Å². The number of hydrogen-bond donors (Lipinski definition) is 0. The zero-order valence-corrected chi connectivity index (χ0v) is 26.6. The number of fused-ring (bicyclic) bond motifs is 1. The zero-order chi connectivity index (χ0) is 32.6. The van der Waals surface area contributed by atoms with Crippen LogP contribution in [0.4, 0.5) is 0 Å². The van der Waals surface area contributed by atoms with Crippen LogP contribution in [0, 0.1) is 0 Å². The summed E-state index contributed by atoms with van der Waals surface area (Å²) in [7, 11) is 3.60. The molecule has 0 aliphatic rings. The highest BCUT2D eigenvalue weighted by molar-refractivity contribution is 5.87. The topological polar surface area (TPSA) is 65.6 Å². The first-order valence-electron chi connectivity index (χ1n) is 15.9. The van der Waals surface area contributed by atoms with Crippen molar-refractivity contribution < 1.29 is 0 Å². The highest BCUT2D eigenvalue weighted by atomic mass is 16.1. The molecule has 0 atom stereocenters. The number of nitrogens with zero attached hydrogens (tertiary/aromatic N) is 5. The average molecular weight is 622 g/mol. The minimum Gasteiger partial charge on any atom is -0.295 e. The average Bonchev–Trinajstić information content (AvgIpc) is 3.38. The fourth-order valence-electron chi connectivity index (χ4n) is 6.27. The maximum Gasteiger partial charge on any atom is 0.328 e. The smallest absolute Gasteiger partial charge is 0.295 e. The van der Waals surface area contributed by atoms with Gasteiger partial charge in [0.2, 0.25) is 0 Å². The Labute approximate surface area is 278 Å². The number of imidazole rings is 1. The monoisotopic (exact) mass is 621 g/mol. The third-order valence-corrected chi connectivity index (χ3v) is 8.85. The first-order valence-corrected chi connectivity index (χ1v) is 15.9. The van der Waals surface area contributed by atoms with Gasteiger partial charge in [-0.05, 0) is 63.7 Å². The lowest BCUT2D eigenvalue weighted by Crippen LogP contribution is -2.19. The predicted molar refractivity (Wildman–Crippen MR) is 194 cm³/mol. The summed E-state index contributed by atoms with van der Waals surface area (Å²) in [5.74, 6) is 1.79. The third-order valence-electron chi connectivity index (χ3n) is 8.85. The van der Waals surface area contributed by atoms with Crippen molar-refractivity contribution in [3.8, 4) is 67.5 Å². The van der Waals surface area contributed by atoms with Crippen molar-refractivity contribution in [3.05, 3.63) is 162 Å². The number of hydrogen-bond acceptors (Lipinski definition) is 4. The van der Waals surface area contributed by atoms with Gasteiger partial charge in [-0.3, -0.25) is 9.13 Å². The van der Waals surface area contributed by atoms with Gasteiger partial charge in [0.1, 0.15) is 0 Å². The Bertz CT molecular complexity index is 2480. The second-order valence-electron chi connectivity index (χ2n) is 11.8. The summed E-state index contributed by atoms with van der Waals surface area (Å²) >= 11 is 0. The van der Waals surface area contributed by atoms with E-state index in [-0.39, 0.29) is 5.69 Å². The summed E-state index contributed by atoms with van der Waals surface area (Å²) in [6.45, 7) is 0. The molecule has 8 rings (SSSR count). The molecule has 6 aromatic carbocycles. The van der Waals surface area contributed by atoms with Gasteiger partial charge in [0.15, 0.2) is 17.5 Å². The molecule has 2 heterocycles. The standard InChI is InChI=1S/C42H31N5O/c1-46-37-24-22-33(27-38(37)47(2)42(46)48)31-19-12-20-34(25-31)40-43-39(30-17-10-5-11-18-30)44-41(45-40)35-23-21-32(28-13-6-3-7-14-28)26-36(35)29-15-8-4-9-16-29/h3-27H,1-2H3. The van der Waals surface area contributed by atoms with E-state index in [0.29, 0.717) is 17.5 Å². The molecule has 0 saturated heterocycles. The van der Waals surface area contributed by atoms with Crippen LogP contribution in [0.15, 0.2) is 156 Å². The van der Waals surface area contributed by atoms with Crippen molar-refractivity contribution >= 4 is 11.0 Å². The van der Waals surface area contributed by atoms with Crippen LogP contribution in [0.5, 0.6) is 0 Å². The molecular formula is C42H31N5O. The van der Waals surface area contributed by atoms with Crippen LogP contribution in [0.3, 0.4) is 0 Å². The molecule has 0 fully saturated rings. The van der Waals surface area contributed by atoms with Crippen LogP contribution in [0.1, 0.15) is 0 Å². The number of benzene rings is 6. The van der Waals surface area contributed by atoms with E-state index in [1.54, 1.807) is 23.2 Å². The van der Waals surface area contributed by atoms with Crippen LogP contribution in [0.25, 0.3) is 78.6 Å². The van der Waals surface area contributed by atoms with Crippen LogP contribution in [-0.4, -0.2) is 24.1 Å². The molecule has 6 heteroatoms. The maximum absolute atomic E-state index is 12.6. The van der Waals surface area contributed by atoms with E-state index in [2.05, 4.69) is 91.0 Å². The third kappa shape index (κ3) is 5.29. The van der Waals surface area contributed by atoms with Gasteiger partial charge in [-0.2, -0.15) is 0 Å². The maximum atomic E-state index is 12.6. The molecule has 0 bridgehead atoms. The van der Waals surface area contributed by atoms with Gasteiger partial charge in [0.25, 0.3) is 0 Å². The summed E-state index contributed by atoms with van der Waals surface area (Å²) in [5.41, 5.74) is 10.8. The number of aromatic nitrogens is 5. The van der Waals surface area contributed by atoms with Gasteiger partial charge in [-0.1, -0.05) is 121 Å². The highest BCUT2D eigenvalue weighted by Crippen LogP contribution is 2.36. The second kappa shape index (κ2) is 12.1. The Balaban J connectivity index is 1.30. The van der Waals surface area contributed by atoms with E-state index >= 15 is 0 Å². The number of aryl methyl sites for hydroxylation is 2. The molecule has 0 amide bonds. The minimum absolute atomic E-state index is 0.0475. The molecule has 2 aromatic heterocycles. The lowest BCUT2D eigenvalue weighted by molar-refractivity contribution is 0.795. The van der Waals surface area contributed by atoms with Gasteiger partial charge >= 0.3 is 5.69 Å². The van der Waals surface area contributed by atoms with Crippen LogP contribution in [0.2, 0.25) is 0 Å². The normalized spacial score (nSPS) is 11.2.